The highest BCUT2D eigenvalue weighted by Gasteiger charge is 2.33. The van der Waals surface area contributed by atoms with Crippen molar-refractivity contribution in [2.45, 2.75) is 5.37 Å². The van der Waals surface area contributed by atoms with Gasteiger partial charge in [0, 0.05) is 24.0 Å². The molecule has 6 heteroatoms. The lowest BCUT2D eigenvalue weighted by Gasteiger charge is -2.23. The van der Waals surface area contributed by atoms with Gasteiger partial charge < -0.3 is 0 Å². The number of rotatable bonds is 2. The Morgan fingerprint density at radius 2 is 1.90 bits per heavy atom. The number of hydrazine groups is 1. The Kier molecular flexibility index (Phi) is 4.03. The van der Waals surface area contributed by atoms with Gasteiger partial charge >= 0.3 is 0 Å². The quantitative estimate of drug-likeness (QED) is 0.804. The lowest BCUT2D eigenvalue weighted by molar-refractivity contribution is 0.108. The highest BCUT2D eigenvalue weighted by Crippen LogP contribution is 2.42. The molecule has 1 aromatic carbocycles. The van der Waals surface area contributed by atoms with Crippen LogP contribution in [0.3, 0.4) is 0 Å². The third-order valence-electron chi connectivity index (χ3n) is 3.14. The maximum absolute atomic E-state index is 5.90. The molecule has 0 radical (unpaired) electrons. The smallest absolute Gasteiger partial charge is 0.180 e. The van der Waals surface area contributed by atoms with Gasteiger partial charge in [0.1, 0.15) is 5.37 Å². The summed E-state index contributed by atoms with van der Waals surface area (Å²) in [6.45, 7) is 0. The van der Waals surface area contributed by atoms with Crippen LogP contribution in [0.4, 0.5) is 5.69 Å². The van der Waals surface area contributed by atoms with Crippen LogP contribution in [0.25, 0.3) is 0 Å². The van der Waals surface area contributed by atoms with E-state index in [1.54, 1.807) is 23.1 Å². The molecule has 1 fully saturated rings. The van der Waals surface area contributed by atoms with Gasteiger partial charge in [-0.15, -0.1) is 11.3 Å². The van der Waals surface area contributed by atoms with E-state index in [9.17, 15) is 0 Å². The minimum Gasteiger partial charge on any atom is -0.286 e. The first-order valence-electron chi connectivity index (χ1n) is 6.16. The third-order valence-corrected chi connectivity index (χ3v) is 5.82. The number of nitrogens with zero attached hydrogens (tertiary/aromatic N) is 3. The predicted octanol–water partition coefficient (Wildman–Crippen LogP) is 4.61. The van der Waals surface area contributed by atoms with Gasteiger partial charge in [-0.1, -0.05) is 29.4 Å². The Morgan fingerprint density at radius 1 is 1.15 bits per heavy atom. The van der Waals surface area contributed by atoms with Crippen molar-refractivity contribution in [1.29, 1.82) is 0 Å². The molecular formula is C14H14ClN3S2. The van der Waals surface area contributed by atoms with E-state index in [4.69, 9.17) is 16.6 Å². The standard InChI is InChI=1S/C14H14ClN3S2/c1-17-13(12-4-3-9-19-12)20-14(18(17)2)16-11-7-5-10(15)6-8-11/h3-9,13H,1-2H3. The molecule has 1 aliphatic heterocycles. The summed E-state index contributed by atoms with van der Waals surface area (Å²) in [5, 5.41) is 8.42. The molecule has 0 bridgehead atoms. The summed E-state index contributed by atoms with van der Waals surface area (Å²) in [4.78, 5) is 6.04. The van der Waals surface area contributed by atoms with E-state index in [0.29, 0.717) is 5.37 Å². The van der Waals surface area contributed by atoms with Crippen molar-refractivity contribution in [1.82, 2.24) is 10.0 Å². The second kappa shape index (κ2) is 5.77. The van der Waals surface area contributed by atoms with E-state index < -0.39 is 0 Å². The number of amidine groups is 1. The molecule has 0 N–H and O–H groups in total. The van der Waals surface area contributed by atoms with Crippen LogP contribution in [0.5, 0.6) is 0 Å². The van der Waals surface area contributed by atoms with E-state index in [1.807, 2.05) is 31.3 Å². The number of thiophene rings is 1. The number of thioether (sulfide) groups is 1. The van der Waals surface area contributed by atoms with Gasteiger partial charge in [-0.2, -0.15) is 0 Å². The SMILES string of the molecule is CN1C(=Nc2ccc(Cl)cc2)SC(c2cccs2)N1C. The van der Waals surface area contributed by atoms with Crippen LogP contribution >= 0.6 is 34.7 Å². The summed E-state index contributed by atoms with van der Waals surface area (Å²) in [6.07, 6.45) is 0. The summed E-state index contributed by atoms with van der Waals surface area (Å²) in [5.41, 5.74) is 0.920. The molecular weight excluding hydrogens is 310 g/mol. The zero-order valence-electron chi connectivity index (χ0n) is 11.2. The van der Waals surface area contributed by atoms with Crippen molar-refractivity contribution >= 4 is 45.6 Å². The molecule has 1 unspecified atom stereocenters. The van der Waals surface area contributed by atoms with Gasteiger partial charge in [-0.05, 0) is 35.7 Å². The predicted molar refractivity (Wildman–Crippen MR) is 88.7 cm³/mol. The molecule has 20 heavy (non-hydrogen) atoms. The van der Waals surface area contributed by atoms with E-state index >= 15 is 0 Å². The summed E-state index contributed by atoms with van der Waals surface area (Å²) in [7, 11) is 4.12. The second-order valence-corrected chi connectivity index (χ2v) is 6.92. The summed E-state index contributed by atoms with van der Waals surface area (Å²) < 4.78 is 0. The van der Waals surface area contributed by atoms with Crippen molar-refractivity contribution in [3.63, 3.8) is 0 Å². The molecule has 3 nitrogen and oxygen atoms in total. The fraction of sp³-hybridized carbons (Fsp3) is 0.214. The van der Waals surface area contributed by atoms with Gasteiger partial charge in [0.15, 0.2) is 5.17 Å². The maximum Gasteiger partial charge on any atom is 0.180 e. The van der Waals surface area contributed by atoms with Crippen LogP contribution < -0.4 is 0 Å². The van der Waals surface area contributed by atoms with Crippen molar-refractivity contribution in [3.05, 3.63) is 51.7 Å². The Morgan fingerprint density at radius 3 is 2.55 bits per heavy atom. The van der Waals surface area contributed by atoms with Gasteiger partial charge in [-0.25, -0.2) is 10.0 Å². The monoisotopic (exact) mass is 323 g/mol. The molecule has 1 aromatic heterocycles. The number of hydrogen-bond acceptors (Lipinski definition) is 4. The summed E-state index contributed by atoms with van der Waals surface area (Å²) >= 11 is 9.44. The van der Waals surface area contributed by atoms with Gasteiger partial charge in [-0.3, -0.25) is 5.01 Å². The first kappa shape index (κ1) is 13.9. The largest absolute Gasteiger partial charge is 0.286 e. The fourth-order valence-corrected chi connectivity index (χ4v) is 4.25. The Bertz CT molecular complexity index is 610. The van der Waals surface area contributed by atoms with Crippen LogP contribution in [-0.2, 0) is 0 Å². The lowest BCUT2D eigenvalue weighted by Crippen LogP contribution is -2.33. The molecule has 2 aromatic rings. The molecule has 0 amide bonds. The van der Waals surface area contributed by atoms with E-state index in [1.165, 1.54) is 4.88 Å². The molecule has 1 atom stereocenters. The minimum atomic E-state index is 0.297. The van der Waals surface area contributed by atoms with Crippen LogP contribution in [0.15, 0.2) is 46.8 Å². The van der Waals surface area contributed by atoms with E-state index in [2.05, 4.69) is 34.6 Å². The maximum atomic E-state index is 5.90. The molecule has 0 spiro atoms. The van der Waals surface area contributed by atoms with Crippen LogP contribution in [0.2, 0.25) is 5.02 Å². The molecule has 104 valence electrons. The number of halogens is 1. The molecule has 2 heterocycles. The van der Waals surface area contributed by atoms with Crippen molar-refractivity contribution in [2.24, 2.45) is 4.99 Å². The number of hydrogen-bond donors (Lipinski definition) is 0. The van der Waals surface area contributed by atoms with Gasteiger partial charge in [0.05, 0.1) is 5.69 Å². The molecule has 1 saturated heterocycles. The Balaban J connectivity index is 1.86. The van der Waals surface area contributed by atoms with Crippen LogP contribution in [-0.4, -0.2) is 29.3 Å². The first-order chi connectivity index (χ1) is 9.65. The average Bonchev–Trinajstić information content (AvgIpc) is 3.05. The fourth-order valence-electron chi connectivity index (χ4n) is 1.94. The summed E-state index contributed by atoms with van der Waals surface area (Å²) in [5.74, 6) is 0. The highest BCUT2D eigenvalue weighted by molar-refractivity contribution is 8.14. The normalized spacial score (nSPS) is 21.9. The Labute approximate surface area is 131 Å². The van der Waals surface area contributed by atoms with Gasteiger partial charge in [0.2, 0.25) is 0 Å². The van der Waals surface area contributed by atoms with Crippen molar-refractivity contribution in [3.8, 4) is 0 Å². The summed E-state index contributed by atoms with van der Waals surface area (Å²) in [6, 6.07) is 11.8. The average molecular weight is 324 g/mol. The zero-order chi connectivity index (χ0) is 14.1. The number of benzene rings is 1. The Hall–Kier alpha value is -1.01. The molecule has 1 aliphatic rings. The second-order valence-electron chi connectivity index (χ2n) is 4.45. The van der Waals surface area contributed by atoms with Crippen LogP contribution in [0.1, 0.15) is 10.3 Å². The lowest BCUT2D eigenvalue weighted by atomic mass is 10.3. The number of aliphatic imine (C=N–C) groups is 1. The molecule has 3 rings (SSSR count). The van der Waals surface area contributed by atoms with Crippen molar-refractivity contribution < 1.29 is 0 Å². The zero-order valence-corrected chi connectivity index (χ0v) is 13.5. The van der Waals surface area contributed by atoms with E-state index in [0.717, 1.165) is 15.9 Å². The van der Waals surface area contributed by atoms with Crippen molar-refractivity contribution in [2.75, 3.05) is 14.1 Å². The van der Waals surface area contributed by atoms with Crippen LogP contribution in [0, 0.1) is 0 Å². The third kappa shape index (κ3) is 2.72. The molecule has 0 saturated carbocycles. The van der Waals surface area contributed by atoms with Gasteiger partial charge in [0.25, 0.3) is 0 Å². The van der Waals surface area contributed by atoms with E-state index in [-0.39, 0.29) is 0 Å². The topological polar surface area (TPSA) is 18.8 Å². The minimum absolute atomic E-state index is 0.297. The first-order valence-corrected chi connectivity index (χ1v) is 8.29. The highest BCUT2D eigenvalue weighted by atomic mass is 35.5. The molecule has 0 aliphatic carbocycles.